The van der Waals surface area contributed by atoms with Crippen molar-refractivity contribution in [1.82, 2.24) is 19.7 Å². The molecule has 0 radical (unpaired) electrons. The third-order valence-electron chi connectivity index (χ3n) is 4.72. The summed E-state index contributed by atoms with van der Waals surface area (Å²) in [6.45, 7) is 0. The van der Waals surface area contributed by atoms with Crippen LogP contribution in [-0.2, 0) is 6.42 Å². The van der Waals surface area contributed by atoms with E-state index >= 15 is 0 Å². The Kier molecular flexibility index (Phi) is 3.06. The van der Waals surface area contributed by atoms with Crippen LogP contribution < -0.4 is 5.56 Å². The minimum Gasteiger partial charge on any atom is -0.310 e. The molecule has 2 heterocycles. The minimum absolute atomic E-state index is 0.0970. The Labute approximate surface area is 125 Å². The van der Waals surface area contributed by atoms with Crippen LogP contribution in [0.25, 0.3) is 11.0 Å². The van der Waals surface area contributed by atoms with Crippen LogP contribution in [0.1, 0.15) is 50.4 Å². The van der Waals surface area contributed by atoms with Crippen molar-refractivity contribution in [2.24, 2.45) is 5.92 Å². The summed E-state index contributed by atoms with van der Waals surface area (Å²) < 4.78 is 28.3. The van der Waals surface area contributed by atoms with Crippen molar-refractivity contribution in [2.45, 2.75) is 56.9 Å². The van der Waals surface area contributed by atoms with Crippen LogP contribution >= 0.6 is 0 Å². The summed E-state index contributed by atoms with van der Waals surface area (Å²) in [5.41, 5.74) is 0.350. The second-order valence-corrected chi connectivity index (χ2v) is 6.57. The van der Waals surface area contributed by atoms with E-state index in [1.165, 1.54) is 19.0 Å². The van der Waals surface area contributed by atoms with Crippen LogP contribution in [0.3, 0.4) is 0 Å². The van der Waals surface area contributed by atoms with Crippen LogP contribution in [0.2, 0.25) is 0 Å². The average molecular weight is 308 g/mol. The van der Waals surface area contributed by atoms with E-state index < -0.39 is 5.92 Å². The second kappa shape index (κ2) is 4.86. The van der Waals surface area contributed by atoms with Crippen molar-refractivity contribution in [3.8, 4) is 0 Å². The maximum absolute atomic E-state index is 13.3. The third-order valence-corrected chi connectivity index (χ3v) is 4.72. The number of aromatic nitrogens is 4. The topological polar surface area (TPSA) is 63.6 Å². The molecule has 7 heteroatoms. The number of halogens is 2. The highest BCUT2D eigenvalue weighted by molar-refractivity contribution is 5.73. The van der Waals surface area contributed by atoms with E-state index in [0.29, 0.717) is 35.6 Å². The van der Waals surface area contributed by atoms with Crippen molar-refractivity contribution in [3.63, 3.8) is 0 Å². The van der Waals surface area contributed by atoms with Gasteiger partial charge in [0.2, 0.25) is 5.92 Å². The van der Waals surface area contributed by atoms with E-state index in [-0.39, 0.29) is 24.4 Å². The number of hydrogen-bond donors (Lipinski definition) is 1. The Hall–Kier alpha value is -1.79. The van der Waals surface area contributed by atoms with Crippen molar-refractivity contribution >= 4 is 11.0 Å². The predicted octanol–water partition coefficient (Wildman–Crippen LogP) is 2.82. The maximum atomic E-state index is 13.3. The molecule has 0 saturated heterocycles. The highest BCUT2D eigenvalue weighted by Gasteiger charge is 2.36. The molecule has 2 aromatic heterocycles. The zero-order valence-corrected chi connectivity index (χ0v) is 12.2. The van der Waals surface area contributed by atoms with E-state index in [2.05, 4.69) is 15.1 Å². The molecule has 2 fully saturated rings. The number of H-pyrrole nitrogens is 1. The van der Waals surface area contributed by atoms with E-state index in [1.807, 2.05) is 0 Å². The fourth-order valence-electron chi connectivity index (χ4n) is 3.21. The molecule has 22 heavy (non-hydrogen) atoms. The zero-order chi connectivity index (χ0) is 15.3. The summed E-state index contributed by atoms with van der Waals surface area (Å²) in [7, 11) is 0. The molecule has 5 nitrogen and oxygen atoms in total. The van der Waals surface area contributed by atoms with E-state index in [9.17, 15) is 13.6 Å². The third kappa shape index (κ3) is 2.53. The number of aromatic amines is 1. The Balaban J connectivity index is 1.68. The van der Waals surface area contributed by atoms with Gasteiger partial charge in [0.15, 0.2) is 5.65 Å². The molecule has 0 atom stereocenters. The van der Waals surface area contributed by atoms with Gasteiger partial charge in [0.1, 0.15) is 11.2 Å². The molecule has 1 N–H and O–H groups in total. The first-order valence-corrected chi connectivity index (χ1v) is 7.86. The summed E-state index contributed by atoms with van der Waals surface area (Å²) >= 11 is 0. The van der Waals surface area contributed by atoms with Gasteiger partial charge < -0.3 is 4.98 Å². The first-order valence-electron chi connectivity index (χ1n) is 7.86. The molecule has 0 bridgehead atoms. The number of fused-ring (bicyclic) bond motifs is 1. The summed E-state index contributed by atoms with van der Waals surface area (Å²) in [5, 5.41) is 4.69. The molecular weight excluding hydrogens is 290 g/mol. The molecule has 0 aromatic carbocycles. The van der Waals surface area contributed by atoms with Gasteiger partial charge in [-0.2, -0.15) is 5.10 Å². The lowest BCUT2D eigenvalue weighted by molar-refractivity contribution is -0.0446. The van der Waals surface area contributed by atoms with Crippen LogP contribution in [0, 0.1) is 5.92 Å². The lowest BCUT2D eigenvalue weighted by Gasteiger charge is -2.28. The van der Waals surface area contributed by atoms with Crippen LogP contribution in [0.5, 0.6) is 0 Å². The van der Waals surface area contributed by atoms with Gasteiger partial charge in [-0.15, -0.1) is 0 Å². The summed E-state index contributed by atoms with van der Waals surface area (Å²) in [6.07, 6.45) is 5.12. The maximum Gasteiger partial charge on any atom is 0.262 e. The SMILES string of the molecule is O=c1[nH]c(CC2CC2)nc2c1cnn2C1CCC(F)(F)CC1. The van der Waals surface area contributed by atoms with Gasteiger partial charge in [-0.25, -0.2) is 18.4 Å². The standard InChI is InChI=1S/C15H18F2N4O/c16-15(17)5-3-10(4-6-15)21-13-11(8-18-21)14(22)20-12(19-13)7-9-1-2-9/h8-10H,1-7H2,(H,19,20,22). The molecule has 0 aliphatic heterocycles. The Morgan fingerprint density at radius 2 is 2.00 bits per heavy atom. The van der Waals surface area contributed by atoms with E-state index in [4.69, 9.17) is 0 Å². The smallest absolute Gasteiger partial charge is 0.262 e. The van der Waals surface area contributed by atoms with Crippen molar-refractivity contribution in [3.05, 3.63) is 22.4 Å². The normalized spacial score (nSPS) is 22.3. The minimum atomic E-state index is -2.57. The summed E-state index contributed by atoms with van der Waals surface area (Å²) in [5.74, 6) is -1.27. The van der Waals surface area contributed by atoms with E-state index in [1.54, 1.807) is 4.68 Å². The van der Waals surface area contributed by atoms with Gasteiger partial charge in [0, 0.05) is 19.3 Å². The van der Waals surface area contributed by atoms with Crippen LogP contribution in [-0.4, -0.2) is 25.7 Å². The van der Waals surface area contributed by atoms with Gasteiger partial charge in [0.25, 0.3) is 5.56 Å². The van der Waals surface area contributed by atoms with Gasteiger partial charge in [0.05, 0.1) is 12.2 Å². The van der Waals surface area contributed by atoms with Crippen molar-refractivity contribution < 1.29 is 8.78 Å². The molecule has 0 amide bonds. The number of alkyl halides is 2. The van der Waals surface area contributed by atoms with Crippen LogP contribution in [0.15, 0.2) is 11.0 Å². The molecule has 4 rings (SSSR count). The molecule has 118 valence electrons. The Morgan fingerprint density at radius 3 is 2.68 bits per heavy atom. The molecule has 2 saturated carbocycles. The Morgan fingerprint density at radius 1 is 1.27 bits per heavy atom. The first kappa shape index (κ1) is 13.8. The van der Waals surface area contributed by atoms with Crippen molar-refractivity contribution in [2.75, 3.05) is 0 Å². The van der Waals surface area contributed by atoms with Gasteiger partial charge in [-0.05, 0) is 31.6 Å². The fourth-order valence-corrected chi connectivity index (χ4v) is 3.21. The van der Waals surface area contributed by atoms with Crippen molar-refractivity contribution in [1.29, 1.82) is 0 Å². The van der Waals surface area contributed by atoms with E-state index in [0.717, 1.165) is 6.42 Å². The lowest BCUT2D eigenvalue weighted by atomic mass is 9.92. The summed E-state index contributed by atoms with van der Waals surface area (Å²) in [6, 6.07) is -0.0970. The second-order valence-electron chi connectivity index (χ2n) is 6.57. The predicted molar refractivity (Wildman–Crippen MR) is 77.0 cm³/mol. The highest BCUT2D eigenvalue weighted by Crippen LogP contribution is 2.39. The molecular formula is C15H18F2N4O. The number of nitrogens with zero attached hydrogens (tertiary/aromatic N) is 3. The zero-order valence-electron chi connectivity index (χ0n) is 12.2. The van der Waals surface area contributed by atoms with Gasteiger partial charge in [-0.3, -0.25) is 4.79 Å². The quantitative estimate of drug-likeness (QED) is 0.948. The number of hydrogen-bond acceptors (Lipinski definition) is 3. The monoisotopic (exact) mass is 308 g/mol. The first-order chi connectivity index (χ1) is 10.5. The molecule has 2 aliphatic rings. The largest absolute Gasteiger partial charge is 0.310 e. The van der Waals surface area contributed by atoms with Crippen LogP contribution in [0.4, 0.5) is 8.78 Å². The molecule has 2 aliphatic carbocycles. The van der Waals surface area contributed by atoms with Gasteiger partial charge in [-0.1, -0.05) is 0 Å². The lowest BCUT2D eigenvalue weighted by Crippen LogP contribution is -2.27. The van der Waals surface area contributed by atoms with Gasteiger partial charge >= 0.3 is 0 Å². The molecule has 2 aromatic rings. The Bertz CT molecular complexity index is 752. The molecule has 0 unspecified atom stereocenters. The summed E-state index contributed by atoms with van der Waals surface area (Å²) in [4.78, 5) is 19.5. The average Bonchev–Trinajstić information content (AvgIpc) is 3.16. The number of nitrogens with one attached hydrogen (secondary N) is 1. The fraction of sp³-hybridized carbons (Fsp3) is 0.667. The molecule has 0 spiro atoms. The highest BCUT2D eigenvalue weighted by atomic mass is 19.3. The number of rotatable bonds is 3.